The van der Waals surface area contributed by atoms with Gasteiger partial charge in [0.15, 0.2) is 6.10 Å². The maximum atomic E-state index is 12.7. The Morgan fingerprint density at radius 3 is 2.41 bits per heavy atom. The van der Waals surface area contributed by atoms with Gasteiger partial charge in [-0.25, -0.2) is 4.79 Å². The van der Waals surface area contributed by atoms with E-state index in [9.17, 15) is 9.59 Å². The van der Waals surface area contributed by atoms with Crippen molar-refractivity contribution >= 4 is 28.3 Å². The first-order chi connectivity index (χ1) is 13.1. The van der Waals surface area contributed by atoms with Crippen LogP contribution in [0.25, 0.3) is 10.8 Å². The molecule has 0 radical (unpaired) electrons. The largest absolute Gasteiger partial charge is 0.481 e. The highest BCUT2D eigenvalue weighted by Gasteiger charge is 2.21. The summed E-state index contributed by atoms with van der Waals surface area (Å²) in [6, 6.07) is 20.4. The molecule has 27 heavy (non-hydrogen) atoms. The number of carbonyl (C=O) groups excluding carboxylic acids is 2. The minimum atomic E-state index is -0.683. The Balaban J connectivity index is 1.77. The molecule has 1 amide bonds. The zero-order chi connectivity index (χ0) is 19.2. The van der Waals surface area contributed by atoms with Crippen molar-refractivity contribution in [3.05, 3.63) is 72.3 Å². The van der Waals surface area contributed by atoms with Gasteiger partial charge in [-0.3, -0.25) is 4.79 Å². The summed E-state index contributed by atoms with van der Waals surface area (Å²) in [6.07, 6.45) is -0.198. The van der Waals surface area contributed by atoms with Gasteiger partial charge in [-0.2, -0.15) is 0 Å². The Bertz CT molecular complexity index is 967. The van der Waals surface area contributed by atoms with Gasteiger partial charge in [0.05, 0.1) is 18.4 Å². The summed E-state index contributed by atoms with van der Waals surface area (Å²) in [4.78, 5) is 24.6. The molecule has 0 saturated heterocycles. The second kappa shape index (κ2) is 8.36. The number of hydrogen-bond acceptors (Lipinski definition) is 4. The molecule has 1 N–H and O–H groups in total. The molecule has 3 aromatic rings. The van der Waals surface area contributed by atoms with E-state index < -0.39 is 12.1 Å². The topological polar surface area (TPSA) is 64.6 Å². The molecule has 0 aromatic heterocycles. The van der Waals surface area contributed by atoms with Crippen molar-refractivity contribution in [3.8, 4) is 5.75 Å². The zero-order valence-electron chi connectivity index (χ0n) is 15.3. The number of hydrogen-bond donors (Lipinski definition) is 1. The fraction of sp³-hybridized carbons (Fsp3) is 0.182. The van der Waals surface area contributed by atoms with Crippen LogP contribution in [-0.2, 0) is 9.53 Å². The second-order valence-corrected chi connectivity index (χ2v) is 6.05. The monoisotopic (exact) mass is 363 g/mol. The Morgan fingerprint density at radius 2 is 1.67 bits per heavy atom. The number of esters is 1. The van der Waals surface area contributed by atoms with E-state index in [1.54, 1.807) is 24.3 Å². The van der Waals surface area contributed by atoms with Crippen LogP contribution in [0.4, 0.5) is 5.69 Å². The lowest BCUT2D eigenvalue weighted by Crippen LogP contribution is -2.33. The summed E-state index contributed by atoms with van der Waals surface area (Å²) >= 11 is 0. The Morgan fingerprint density at radius 1 is 0.963 bits per heavy atom. The van der Waals surface area contributed by atoms with Gasteiger partial charge in [0.2, 0.25) is 0 Å². The van der Waals surface area contributed by atoms with Crippen LogP contribution in [0.5, 0.6) is 5.75 Å². The SMILES string of the molecule is CC[C@H](Oc1ccc2ccccc2c1)C(=O)Nc1ccccc1C(=O)OC. The van der Waals surface area contributed by atoms with E-state index in [4.69, 9.17) is 9.47 Å². The molecule has 0 bridgehead atoms. The molecule has 3 aromatic carbocycles. The normalized spacial score (nSPS) is 11.6. The molecule has 0 unspecified atom stereocenters. The van der Waals surface area contributed by atoms with E-state index in [2.05, 4.69) is 5.32 Å². The standard InChI is InChI=1S/C22H21NO4/c1-3-20(27-17-13-12-15-8-4-5-9-16(15)14-17)21(24)23-19-11-7-6-10-18(19)22(25)26-2/h4-14,20H,3H2,1-2H3,(H,23,24)/t20-/m0/s1. The highest BCUT2D eigenvalue weighted by Crippen LogP contribution is 2.23. The van der Waals surface area contributed by atoms with Gasteiger partial charge in [-0.15, -0.1) is 0 Å². The first kappa shape index (κ1) is 18.5. The molecule has 1 atom stereocenters. The number of para-hydroxylation sites is 1. The number of nitrogens with one attached hydrogen (secondary N) is 1. The van der Waals surface area contributed by atoms with Crippen LogP contribution in [-0.4, -0.2) is 25.1 Å². The molecule has 5 heteroatoms. The van der Waals surface area contributed by atoms with Gasteiger partial charge in [0.25, 0.3) is 5.91 Å². The molecule has 0 heterocycles. The van der Waals surface area contributed by atoms with Crippen molar-refractivity contribution < 1.29 is 19.1 Å². The number of carbonyl (C=O) groups is 2. The second-order valence-electron chi connectivity index (χ2n) is 6.05. The van der Waals surface area contributed by atoms with Gasteiger partial charge < -0.3 is 14.8 Å². The smallest absolute Gasteiger partial charge is 0.339 e. The van der Waals surface area contributed by atoms with Gasteiger partial charge >= 0.3 is 5.97 Å². The molecule has 0 aliphatic carbocycles. The summed E-state index contributed by atoms with van der Waals surface area (Å²) in [5, 5.41) is 4.92. The van der Waals surface area contributed by atoms with Crippen molar-refractivity contribution in [1.29, 1.82) is 0 Å². The number of amides is 1. The highest BCUT2D eigenvalue weighted by atomic mass is 16.5. The quantitative estimate of drug-likeness (QED) is 0.658. The predicted octanol–water partition coefficient (Wildman–Crippen LogP) is 4.42. The Hall–Kier alpha value is -3.34. The number of methoxy groups -OCH3 is 1. The maximum Gasteiger partial charge on any atom is 0.339 e. The minimum Gasteiger partial charge on any atom is -0.481 e. The number of benzene rings is 3. The molecule has 138 valence electrons. The van der Waals surface area contributed by atoms with Crippen molar-refractivity contribution in [3.63, 3.8) is 0 Å². The number of rotatable bonds is 6. The average Bonchev–Trinajstić information content (AvgIpc) is 2.71. The fourth-order valence-electron chi connectivity index (χ4n) is 2.82. The van der Waals surface area contributed by atoms with Crippen molar-refractivity contribution in [2.24, 2.45) is 0 Å². The predicted molar refractivity (Wildman–Crippen MR) is 105 cm³/mol. The van der Waals surface area contributed by atoms with Crippen LogP contribution in [0, 0.1) is 0 Å². The number of ether oxygens (including phenoxy) is 2. The van der Waals surface area contributed by atoms with Gasteiger partial charge in [0, 0.05) is 0 Å². The Kier molecular flexibility index (Phi) is 5.71. The van der Waals surface area contributed by atoms with E-state index in [-0.39, 0.29) is 5.91 Å². The number of fused-ring (bicyclic) bond motifs is 1. The summed E-state index contributed by atoms with van der Waals surface area (Å²) in [5.74, 6) is -0.201. The maximum absolute atomic E-state index is 12.7. The highest BCUT2D eigenvalue weighted by molar-refractivity contribution is 6.02. The van der Waals surface area contributed by atoms with Crippen LogP contribution in [0.2, 0.25) is 0 Å². The first-order valence-electron chi connectivity index (χ1n) is 8.76. The third-order valence-electron chi connectivity index (χ3n) is 4.25. The molecule has 0 aliphatic rings. The van der Waals surface area contributed by atoms with Gasteiger partial charge in [0.1, 0.15) is 5.75 Å². The van der Waals surface area contributed by atoms with Crippen LogP contribution in [0.1, 0.15) is 23.7 Å². The average molecular weight is 363 g/mol. The summed E-state index contributed by atoms with van der Waals surface area (Å²) in [6.45, 7) is 1.87. The van der Waals surface area contributed by atoms with Gasteiger partial charge in [-0.1, -0.05) is 49.4 Å². The lowest BCUT2D eigenvalue weighted by Gasteiger charge is -2.18. The van der Waals surface area contributed by atoms with Crippen LogP contribution in [0.15, 0.2) is 66.7 Å². The van der Waals surface area contributed by atoms with Gasteiger partial charge in [-0.05, 0) is 41.5 Å². The fourth-order valence-corrected chi connectivity index (χ4v) is 2.82. The molecule has 0 spiro atoms. The van der Waals surface area contributed by atoms with E-state index in [1.165, 1.54) is 7.11 Å². The molecule has 0 saturated carbocycles. The van der Waals surface area contributed by atoms with Crippen molar-refractivity contribution in [2.75, 3.05) is 12.4 Å². The molecule has 0 fully saturated rings. The van der Waals surface area contributed by atoms with Crippen molar-refractivity contribution in [2.45, 2.75) is 19.4 Å². The summed E-state index contributed by atoms with van der Waals surface area (Å²) in [7, 11) is 1.30. The summed E-state index contributed by atoms with van der Waals surface area (Å²) < 4.78 is 10.7. The Labute approximate surface area is 157 Å². The van der Waals surface area contributed by atoms with Crippen LogP contribution < -0.4 is 10.1 Å². The van der Waals surface area contributed by atoms with E-state index in [0.29, 0.717) is 23.4 Å². The molecule has 5 nitrogen and oxygen atoms in total. The lowest BCUT2D eigenvalue weighted by molar-refractivity contribution is -0.122. The lowest BCUT2D eigenvalue weighted by atomic mass is 10.1. The van der Waals surface area contributed by atoms with E-state index in [0.717, 1.165) is 10.8 Å². The number of anilines is 1. The first-order valence-corrected chi connectivity index (χ1v) is 8.76. The molecule has 0 aliphatic heterocycles. The third kappa shape index (κ3) is 4.26. The van der Waals surface area contributed by atoms with Crippen LogP contribution >= 0.6 is 0 Å². The minimum absolute atomic E-state index is 0.300. The van der Waals surface area contributed by atoms with Crippen molar-refractivity contribution in [1.82, 2.24) is 0 Å². The van der Waals surface area contributed by atoms with Crippen LogP contribution in [0.3, 0.4) is 0 Å². The molecular weight excluding hydrogens is 342 g/mol. The molecule has 3 rings (SSSR count). The third-order valence-corrected chi connectivity index (χ3v) is 4.25. The summed E-state index contributed by atoms with van der Waals surface area (Å²) in [5.41, 5.74) is 0.698. The van der Waals surface area contributed by atoms with E-state index >= 15 is 0 Å². The zero-order valence-corrected chi connectivity index (χ0v) is 15.3. The van der Waals surface area contributed by atoms with E-state index in [1.807, 2.05) is 49.4 Å². The molecular formula is C22H21NO4.